The van der Waals surface area contributed by atoms with Gasteiger partial charge in [-0.25, -0.2) is 0 Å². The van der Waals surface area contributed by atoms with Crippen LogP contribution in [0.25, 0.3) is 0 Å². The highest BCUT2D eigenvalue weighted by molar-refractivity contribution is 5.23. The molecule has 0 aliphatic heterocycles. The quantitative estimate of drug-likeness (QED) is 0.605. The molecular weight excluding hydrogens is 146 g/mol. The maximum absolute atomic E-state index is 8.39. The Labute approximate surface area is 73.0 Å². The summed E-state index contributed by atoms with van der Waals surface area (Å²) < 4.78 is 0. The minimum absolute atomic E-state index is 0.869. The summed E-state index contributed by atoms with van der Waals surface area (Å²) in [6.45, 7) is 1.97. The van der Waals surface area contributed by atoms with Crippen LogP contribution in [-0.4, -0.2) is 0 Å². The Morgan fingerprint density at radius 1 is 1.42 bits per heavy atom. The van der Waals surface area contributed by atoms with Crippen molar-refractivity contribution >= 4 is 0 Å². The Hall–Kier alpha value is -1.55. The molecule has 1 heteroatoms. The van der Waals surface area contributed by atoms with E-state index < -0.39 is 0 Å². The molecule has 0 saturated carbocycles. The first kappa shape index (κ1) is 8.55. The van der Waals surface area contributed by atoms with E-state index in [1.165, 1.54) is 5.56 Å². The van der Waals surface area contributed by atoms with Crippen LogP contribution in [0, 0.1) is 11.3 Å². The van der Waals surface area contributed by atoms with Gasteiger partial charge < -0.3 is 0 Å². The SMILES string of the molecule is CC(=CC#N)Cc1ccccc1. The van der Waals surface area contributed by atoms with Crippen LogP contribution in [0.3, 0.4) is 0 Å². The number of nitriles is 1. The van der Waals surface area contributed by atoms with Crippen molar-refractivity contribution in [1.82, 2.24) is 0 Å². The standard InChI is InChI=1S/C11H11N/c1-10(7-8-12)9-11-5-3-2-4-6-11/h2-7H,9H2,1H3. The lowest BCUT2D eigenvalue weighted by Gasteiger charge is -1.98. The van der Waals surface area contributed by atoms with Gasteiger partial charge in [-0.3, -0.25) is 0 Å². The summed E-state index contributed by atoms with van der Waals surface area (Å²) in [7, 11) is 0. The summed E-state index contributed by atoms with van der Waals surface area (Å²) >= 11 is 0. The second-order valence-corrected chi connectivity index (χ2v) is 2.78. The van der Waals surface area contributed by atoms with Gasteiger partial charge in [-0.05, 0) is 18.9 Å². The molecule has 0 heterocycles. The molecule has 0 aliphatic rings. The molecule has 0 bridgehead atoms. The second-order valence-electron chi connectivity index (χ2n) is 2.78. The Kier molecular flexibility index (Phi) is 3.10. The summed E-state index contributed by atoms with van der Waals surface area (Å²) in [6, 6.07) is 12.2. The van der Waals surface area contributed by atoms with Crippen molar-refractivity contribution in [3.63, 3.8) is 0 Å². The van der Waals surface area contributed by atoms with Gasteiger partial charge in [-0.2, -0.15) is 5.26 Å². The molecule has 0 atom stereocenters. The average molecular weight is 157 g/mol. The van der Waals surface area contributed by atoms with Gasteiger partial charge in [-0.15, -0.1) is 0 Å². The smallest absolute Gasteiger partial charge is 0.0911 e. The molecule has 1 rings (SSSR count). The molecule has 0 unspecified atom stereocenters. The summed E-state index contributed by atoms with van der Waals surface area (Å²) in [5.74, 6) is 0. The lowest BCUT2D eigenvalue weighted by molar-refractivity contribution is 1.14. The van der Waals surface area contributed by atoms with Crippen molar-refractivity contribution in [1.29, 1.82) is 5.26 Å². The van der Waals surface area contributed by atoms with Crippen molar-refractivity contribution in [2.45, 2.75) is 13.3 Å². The van der Waals surface area contributed by atoms with Gasteiger partial charge in [0.15, 0.2) is 0 Å². The van der Waals surface area contributed by atoms with E-state index in [0.717, 1.165) is 12.0 Å². The Morgan fingerprint density at radius 2 is 2.08 bits per heavy atom. The highest BCUT2D eigenvalue weighted by Gasteiger charge is 1.91. The number of hydrogen-bond donors (Lipinski definition) is 0. The zero-order valence-electron chi connectivity index (χ0n) is 7.12. The lowest BCUT2D eigenvalue weighted by atomic mass is 10.1. The summed E-state index contributed by atoms with van der Waals surface area (Å²) in [6.07, 6.45) is 2.46. The molecule has 0 N–H and O–H groups in total. The predicted octanol–water partition coefficient (Wildman–Crippen LogP) is 2.70. The van der Waals surface area contributed by atoms with Crippen LogP contribution in [0.2, 0.25) is 0 Å². The van der Waals surface area contributed by atoms with Gasteiger partial charge in [0.2, 0.25) is 0 Å². The first-order chi connectivity index (χ1) is 5.83. The lowest BCUT2D eigenvalue weighted by Crippen LogP contribution is -1.84. The largest absolute Gasteiger partial charge is 0.193 e. The van der Waals surface area contributed by atoms with Gasteiger partial charge >= 0.3 is 0 Å². The monoisotopic (exact) mass is 157 g/mol. The van der Waals surface area contributed by atoms with Crippen molar-refractivity contribution < 1.29 is 0 Å². The molecular formula is C11H11N. The van der Waals surface area contributed by atoms with E-state index in [0.29, 0.717) is 0 Å². The summed E-state index contributed by atoms with van der Waals surface area (Å²) in [5, 5.41) is 8.39. The Bertz CT molecular complexity index is 304. The second kappa shape index (κ2) is 4.35. The van der Waals surface area contributed by atoms with E-state index in [4.69, 9.17) is 5.26 Å². The van der Waals surface area contributed by atoms with Gasteiger partial charge in [0.1, 0.15) is 0 Å². The number of rotatable bonds is 2. The fourth-order valence-electron chi connectivity index (χ4n) is 1.08. The van der Waals surface area contributed by atoms with E-state index in [-0.39, 0.29) is 0 Å². The maximum Gasteiger partial charge on any atom is 0.0911 e. The van der Waals surface area contributed by atoms with Crippen LogP contribution in [-0.2, 0) is 6.42 Å². The molecule has 0 spiro atoms. The molecule has 1 nitrogen and oxygen atoms in total. The number of nitrogens with zero attached hydrogens (tertiary/aromatic N) is 1. The summed E-state index contributed by atoms with van der Waals surface area (Å²) in [4.78, 5) is 0. The molecule has 0 amide bonds. The Morgan fingerprint density at radius 3 is 2.67 bits per heavy atom. The normalized spacial score (nSPS) is 10.8. The van der Waals surface area contributed by atoms with Crippen LogP contribution < -0.4 is 0 Å². The van der Waals surface area contributed by atoms with Gasteiger partial charge in [-0.1, -0.05) is 35.9 Å². The van der Waals surface area contributed by atoms with E-state index in [1.54, 1.807) is 6.08 Å². The van der Waals surface area contributed by atoms with E-state index in [2.05, 4.69) is 12.1 Å². The van der Waals surface area contributed by atoms with Crippen LogP contribution >= 0.6 is 0 Å². The number of hydrogen-bond acceptors (Lipinski definition) is 1. The molecule has 1 aromatic carbocycles. The minimum Gasteiger partial charge on any atom is -0.193 e. The molecule has 1 aromatic rings. The first-order valence-electron chi connectivity index (χ1n) is 3.92. The van der Waals surface area contributed by atoms with E-state index >= 15 is 0 Å². The number of allylic oxidation sites excluding steroid dienone is 2. The van der Waals surface area contributed by atoms with Crippen molar-refractivity contribution in [2.24, 2.45) is 0 Å². The molecule has 0 radical (unpaired) electrons. The third kappa shape index (κ3) is 2.59. The zero-order chi connectivity index (χ0) is 8.81. The number of benzene rings is 1. The van der Waals surface area contributed by atoms with Crippen LogP contribution in [0.5, 0.6) is 0 Å². The van der Waals surface area contributed by atoms with Crippen LogP contribution in [0.1, 0.15) is 12.5 Å². The van der Waals surface area contributed by atoms with Gasteiger partial charge in [0.05, 0.1) is 6.07 Å². The van der Waals surface area contributed by atoms with Crippen LogP contribution in [0.4, 0.5) is 0 Å². The van der Waals surface area contributed by atoms with Crippen LogP contribution in [0.15, 0.2) is 42.0 Å². The fourth-order valence-corrected chi connectivity index (χ4v) is 1.08. The molecule has 60 valence electrons. The van der Waals surface area contributed by atoms with E-state index in [1.807, 2.05) is 31.2 Å². The molecule has 0 aliphatic carbocycles. The van der Waals surface area contributed by atoms with Gasteiger partial charge in [0.25, 0.3) is 0 Å². The molecule has 0 aromatic heterocycles. The first-order valence-corrected chi connectivity index (χ1v) is 3.92. The van der Waals surface area contributed by atoms with E-state index in [9.17, 15) is 0 Å². The summed E-state index contributed by atoms with van der Waals surface area (Å²) in [5.41, 5.74) is 2.35. The van der Waals surface area contributed by atoms with Crippen molar-refractivity contribution in [3.8, 4) is 6.07 Å². The molecule has 12 heavy (non-hydrogen) atoms. The van der Waals surface area contributed by atoms with Crippen molar-refractivity contribution in [3.05, 3.63) is 47.5 Å². The maximum atomic E-state index is 8.39. The average Bonchev–Trinajstić information content (AvgIpc) is 2.06. The van der Waals surface area contributed by atoms with Gasteiger partial charge in [0, 0.05) is 6.08 Å². The van der Waals surface area contributed by atoms with Crippen molar-refractivity contribution in [2.75, 3.05) is 0 Å². The highest BCUT2D eigenvalue weighted by atomic mass is 14.2. The molecule has 0 fully saturated rings. The Balaban J connectivity index is 2.66. The minimum atomic E-state index is 0.869. The predicted molar refractivity (Wildman–Crippen MR) is 49.5 cm³/mol. The third-order valence-corrected chi connectivity index (χ3v) is 1.64. The highest BCUT2D eigenvalue weighted by Crippen LogP contribution is 2.05. The zero-order valence-corrected chi connectivity index (χ0v) is 7.12. The third-order valence-electron chi connectivity index (χ3n) is 1.64. The molecule has 0 saturated heterocycles. The fraction of sp³-hybridized carbons (Fsp3) is 0.182. The topological polar surface area (TPSA) is 23.8 Å².